The lowest BCUT2D eigenvalue weighted by molar-refractivity contribution is -0.128. The lowest BCUT2D eigenvalue weighted by Gasteiger charge is -2.41. The highest BCUT2D eigenvalue weighted by Gasteiger charge is 2.51. The fourth-order valence-electron chi connectivity index (χ4n) is 4.12. The third kappa shape index (κ3) is 2.31. The first-order chi connectivity index (χ1) is 10.1. The van der Waals surface area contributed by atoms with E-state index in [0.717, 1.165) is 37.1 Å². The van der Waals surface area contributed by atoms with Crippen LogP contribution in [-0.2, 0) is 10.4 Å². The molecule has 1 aromatic carbocycles. The Morgan fingerprint density at radius 2 is 2.14 bits per heavy atom. The number of para-hydroxylation sites is 1. The van der Waals surface area contributed by atoms with Crippen LogP contribution in [0.1, 0.15) is 31.7 Å². The van der Waals surface area contributed by atoms with Crippen LogP contribution >= 0.6 is 0 Å². The number of benzene rings is 1. The Balaban J connectivity index is 1.97. The number of likely N-dealkylation sites (tertiary alicyclic amines) is 1. The molecule has 1 aliphatic carbocycles. The summed E-state index contributed by atoms with van der Waals surface area (Å²) >= 11 is 0. The normalized spacial score (nSPS) is 31.9. The number of amides is 1. The highest BCUT2D eigenvalue weighted by atomic mass is 16.5. The molecule has 2 fully saturated rings. The van der Waals surface area contributed by atoms with Crippen molar-refractivity contribution in [1.29, 1.82) is 0 Å². The maximum atomic E-state index is 11.7. The number of methoxy groups -OCH3 is 1. The topological polar surface area (TPSA) is 49.8 Å². The number of aliphatic hydroxyl groups is 1. The van der Waals surface area contributed by atoms with Crippen molar-refractivity contribution in [3.8, 4) is 5.75 Å². The van der Waals surface area contributed by atoms with Crippen LogP contribution < -0.4 is 4.74 Å². The van der Waals surface area contributed by atoms with E-state index < -0.39 is 5.60 Å². The lowest BCUT2D eigenvalue weighted by atomic mass is 9.67. The van der Waals surface area contributed by atoms with Crippen molar-refractivity contribution in [1.82, 2.24) is 4.90 Å². The summed E-state index contributed by atoms with van der Waals surface area (Å²) in [5, 5.41) is 11.4. The molecular formula is C17H23NO3. The van der Waals surface area contributed by atoms with Crippen LogP contribution in [0.5, 0.6) is 5.75 Å². The lowest BCUT2D eigenvalue weighted by Crippen LogP contribution is -2.43. The van der Waals surface area contributed by atoms with Crippen molar-refractivity contribution in [3.05, 3.63) is 29.8 Å². The Hall–Kier alpha value is -1.55. The van der Waals surface area contributed by atoms with Gasteiger partial charge in [0.25, 0.3) is 0 Å². The molecule has 3 atom stereocenters. The van der Waals surface area contributed by atoms with Crippen LogP contribution in [-0.4, -0.2) is 36.1 Å². The van der Waals surface area contributed by atoms with Gasteiger partial charge < -0.3 is 14.7 Å². The van der Waals surface area contributed by atoms with E-state index in [1.54, 1.807) is 14.0 Å². The van der Waals surface area contributed by atoms with Crippen LogP contribution in [0.15, 0.2) is 24.3 Å². The van der Waals surface area contributed by atoms with Gasteiger partial charge in [-0.05, 0) is 31.2 Å². The van der Waals surface area contributed by atoms with Crippen molar-refractivity contribution >= 4 is 5.91 Å². The van der Waals surface area contributed by atoms with Gasteiger partial charge in [0, 0.05) is 31.5 Å². The van der Waals surface area contributed by atoms with Crippen LogP contribution in [0.3, 0.4) is 0 Å². The van der Waals surface area contributed by atoms with Crippen molar-refractivity contribution in [2.24, 2.45) is 11.8 Å². The number of fused-ring (bicyclic) bond motifs is 1. The van der Waals surface area contributed by atoms with Gasteiger partial charge in [-0.25, -0.2) is 0 Å². The molecule has 1 aromatic rings. The van der Waals surface area contributed by atoms with E-state index in [4.69, 9.17) is 4.74 Å². The summed E-state index contributed by atoms with van der Waals surface area (Å²) < 4.78 is 5.45. The van der Waals surface area contributed by atoms with Crippen molar-refractivity contribution in [2.75, 3.05) is 20.2 Å². The van der Waals surface area contributed by atoms with E-state index in [0.29, 0.717) is 12.5 Å². The van der Waals surface area contributed by atoms with Crippen molar-refractivity contribution in [3.63, 3.8) is 0 Å². The number of ether oxygens (including phenoxy) is 1. The van der Waals surface area contributed by atoms with Gasteiger partial charge in [-0.2, -0.15) is 0 Å². The first-order valence-corrected chi connectivity index (χ1v) is 7.67. The van der Waals surface area contributed by atoms with E-state index >= 15 is 0 Å². The van der Waals surface area contributed by atoms with Crippen molar-refractivity contribution in [2.45, 2.75) is 31.8 Å². The van der Waals surface area contributed by atoms with Crippen LogP contribution in [0, 0.1) is 11.8 Å². The summed E-state index contributed by atoms with van der Waals surface area (Å²) in [7, 11) is 1.64. The van der Waals surface area contributed by atoms with Gasteiger partial charge in [0.15, 0.2) is 0 Å². The monoisotopic (exact) mass is 289 g/mol. The van der Waals surface area contributed by atoms with E-state index in [9.17, 15) is 9.90 Å². The molecule has 3 rings (SSSR count). The number of rotatable bonds is 2. The summed E-state index contributed by atoms with van der Waals surface area (Å²) in [6.07, 6.45) is 2.81. The molecule has 0 radical (unpaired) electrons. The predicted molar refractivity (Wildman–Crippen MR) is 80.0 cm³/mol. The zero-order chi connectivity index (χ0) is 15.0. The molecule has 2 aliphatic rings. The average molecular weight is 289 g/mol. The first-order valence-electron chi connectivity index (χ1n) is 7.67. The van der Waals surface area contributed by atoms with Gasteiger partial charge >= 0.3 is 0 Å². The number of carbonyl (C=O) groups excluding carboxylic acids is 1. The molecule has 114 valence electrons. The minimum atomic E-state index is -0.889. The number of nitrogens with zero attached hydrogens (tertiary/aromatic N) is 1. The van der Waals surface area contributed by atoms with Gasteiger partial charge in [0.2, 0.25) is 5.91 Å². The van der Waals surface area contributed by atoms with E-state index in [1.165, 1.54) is 0 Å². The Kier molecular flexibility index (Phi) is 3.66. The highest BCUT2D eigenvalue weighted by molar-refractivity contribution is 5.73. The van der Waals surface area contributed by atoms with Gasteiger partial charge in [0.1, 0.15) is 5.75 Å². The van der Waals surface area contributed by atoms with Gasteiger partial charge in [-0.3, -0.25) is 4.79 Å². The standard InChI is InChI=1S/C17H23NO3/c1-12(19)18-10-13-6-5-9-17(20,15(13)11-18)14-7-3-4-8-16(14)21-2/h3-4,7-8,13,15,20H,5-6,9-11H2,1-2H3/t13-,15-,17+/m0/s1. The number of hydrogen-bond donors (Lipinski definition) is 1. The summed E-state index contributed by atoms with van der Waals surface area (Å²) in [6.45, 7) is 3.03. The zero-order valence-electron chi connectivity index (χ0n) is 12.7. The zero-order valence-corrected chi connectivity index (χ0v) is 12.7. The molecule has 1 aliphatic heterocycles. The molecule has 1 heterocycles. The third-order valence-corrected chi connectivity index (χ3v) is 5.21. The molecule has 0 spiro atoms. The minimum Gasteiger partial charge on any atom is -0.496 e. The smallest absolute Gasteiger partial charge is 0.219 e. The maximum absolute atomic E-state index is 11.7. The van der Waals surface area contributed by atoms with E-state index in [1.807, 2.05) is 29.2 Å². The summed E-state index contributed by atoms with van der Waals surface area (Å²) in [6, 6.07) is 7.71. The quantitative estimate of drug-likeness (QED) is 0.907. The molecule has 4 heteroatoms. The molecule has 1 saturated carbocycles. The molecular weight excluding hydrogens is 266 g/mol. The van der Waals surface area contributed by atoms with E-state index in [-0.39, 0.29) is 11.8 Å². The molecule has 4 nitrogen and oxygen atoms in total. The highest BCUT2D eigenvalue weighted by Crippen LogP contribution is 2.50. The average Bonchev–Trinajstić information content (AvgIpc) is 2.93. The second kappa shape index (κ2) is 5.34. The minimum absolute atomic E-state index is 0.103. The fourth-order valence-corrected chi connectivity index (χ4v) is 4.12. The summed E-state index contributed by atoms with van der Waals surface area (Å²) in [4.78, 5) is 13.6. The summed E-state index contributed by atoms with van der Waals surface area (Å²) in [5.74, 6) is 1.33. The van der Waals surface area contributed by atoms with Crippen molar-refractivity contribution < 1.29 is 14.6 Å². The second-order valence-electron chi connectivity index (χ2n) is 6.31. The maximum Gasteiger partial charge on any atom is 0.219 e. The van der Waals surface area contributed by atoms with Crippen LogP contribution in [0.4, 0.5) is 0 Å². The number of carbonyl (C=O) groups is 1. The number of hydrogen-bond acceptors (Lipinski definition) is 3. The largest absolute Gasteiger partial charge is 0.496 e. The van der Waals surface area contributed by atoms with Crippen LogP contribution in [0.25, 0.3) is 0 Å². The Labute approximate surface area is 125 Å². The molecule has 0 bridgehead atoms. The first kappa shape index (κ1) is 14.4. The predicted octanol–water partition coefficient (Wildman–Crippen LogP) is 2.16. The fraction of sp³-hybridized carbons (Fsp3) is 0.588. The third-order valence-electron chi connectivity index (χ3n) is 5.21. The second-order valence-corrected chi connectivity index (χ2v) is 6.31. The van der Waals surface area contributed by atoms with Gasteiger partial charge in [-0.15, -0.1) is 0 Å². The summed E-state index contributed by atoms with van der Waals surface area (Å²) in [5.41, 5.74) is -0.0210. The van der Waals surface area contributed by atoms with Gasteiger partial charge in [-0.1, -0.05) is 18.2 Å². The van der Waals surface area contributed by atoms with E-state index in [2.05, 4.69) is 0 Å². The molecule has 0 aromatic heterocycles. The molecule has 21 heavy (non-hydrogen) atoms. The molecule has 0 unspecified atom stereocenters. The molecule has 1 amide bonds. The Morgan fingerprint density at radius 1 is 1.38 bits per heavy atom. The Bertz CT molecular complexity index is 545. The Morgan fingerprint density at radius 3 is 2.86 bits per heavy atom. The van der Waals surface area contributed by atoms with Crippen LogP contribution in [0.2, 0.25) is 0 Å². The SMILES string of the molecule is COc1ccccc1[C@]1(O)CCC[C@H]2CN(C(C)=O)C[C@@H]21. The molecule has 1 saturated heterocycles. The van der Waals surface area contributed by atoms with Gasteiger partial charge in [0.05, 0.1) is 12.7 Å². The molecule has 1 N–H and O–H groups in total.